The average Bonchev–Trinajstić information content (AvgIpc) is 2.94. The molecule has 1 fully saturated rings. The summed E-state index contributed by atoms with van der Waals surface area (Å²) in [6.07, 6.45) is 7.17. The molecule has 1 aliphatic rings. The fourth-order valence-electron chi connectivity index (χ4n) is 4.31. The highest BCUT2D eigenvalue weighted by atomic mass is 16.5. The van der Waals surface area contributed by atoms with Gasteiger partial charge in [-0.15, -0.1) is 0 Å². The van der Waals surface area contributed by atoms with Crippen LogP contribution in [0.2, 0.25) is 0 Å². The van der Waals surface area contributed by atoms with Gasteiger partial charge in [-0.1, -0.05) is 33.1 Å². The van der Waals surface area contributed by atoms with Crippen LogP contribution in [0.15, 0.2) is 24.3 Å². The van der Waals surface area contributed by atoms with E-state index in [2.05, 4.69) is 50.1 Å². The first-order valence-corrected chi connectivity index (χ1v) is 14.3. The molecule has 0 radical (unpaired) electrons. The van der Waals surface area contributed by atoms with Crippen LogP contribution in [0.3, 0.4) is 0 Å². The van der Waals surface area contributed by atoms with Gasteiger partial charge in [0.1, 0.15) is 0 Å². The van der Waals surface area contributed by atoms with Gasteiger partial charge in [-0.05, 0) is 55.4 Å². The Hall–Kier alpha value is -3.02. The van der Waals surface area contributed by atoms with E-state index < -0.39 is 0 Å². The van der Waals surface area contributed by atoms with Crippen LogP contribution in [0.4, 0.5) is 23.5 Å². The second-order valence-electron chi connectivity index (χ2n) is 10.1. The third-order valence-corrected chi connectivity index (χ3v) is 6.70. The van der Waals surface area contributed by atoms with Gasteiger partial charge in [-0.25, -0.2) is 0 Å². The van der Waals surface area contributed by atoms with Crippen molar-refractivity contribution in [2.45, 2.75) is 52.4 Å². The molecule has 3 rings (SSSR count). The van der Waals surface area contributed by atoms with Crippen molar-refractivity contribution in [3.8, 4) is 0 Å². The van der Waals surface area contributed by atoms with Crippen molar-refractivity contribution in [1.82, 2.24) is 20.3 Å². The third-order valence-electron chi connectivity index (χ3n) is 6.70. The molecule has 1 aromatic carbocycles. The van der Waals surface area contributed by atoms with Crippen LogP contribution >= 0.6 is 0 Å². The number of unbranched alkanes of at least 4 members (excludes halogenated alkanes) is 1. The number of benzene rings is 1. The largest absolute Gasteiger partial charge is 0.378 e. The number of nitrogens with zero attached hydrogens (tertiary/aromatic N) is 3. The maximum Gasteiger partial charge on any atom is 0.251 e. The van der Waals surface area contributed by atoms with Crippen molar-refractivity contribution < 1.29 is 14.3 Å². The monoisotopic (exact) mass is 542 g/mol. The molecule has 1 aromatic heterocycles. The van der Waals surface area contributed by atoms with E-state index in [9.17, 15) is 4.79 Å². The minimum absolute atomic E-state index is 0.157. The number of hydrogen-bond acceptors (Lipinski definition) is 10. The summed E-state index contributed by atoms with van der Waals surface area (Å²) < 4.78 is 10.7. The lowest BCUT2D eigenvalue weighted by Gasteiger charge is -2.26. The Morgan fingerprint density at radius 2 is 1.56 bits per heavy atom. The molecular weight excluding hydrogens is 496 g/mol. The molecule has 0 bridgehead atoms. The van der Waals surface area contributed by atoms with Gasteiger partial charge in [-0.2, -0.15) is 15.0 Å². The van der Waals surface area contributed by atoms with Crippen LogP contribution in [-0.4, -0.2) is 73.5 Å². The highest BCUT2D eigenvalue weighted by molar-refractivity contribution is 5.94. The summed E-state index contributed by atoms with van der Waals surface area (Å²) in [4.78, 5) is 26.2. The Bertz CT molecular complexity index is 968. The summed E-state index contributed by atoms with van der Waals surface area (Å²) in [7, 11) is 0. The molecule has 1 aliphatic carbocycles. The Kier molecular flexibility index (Phi) is 13.7. The first-order valence-electron chi connectivity index (χ1n) is 14.3. The van der Waals surface area contributed by atoms with Gasteiger partial charge < -0.3 is 36.5 Å². The lowest BCUT2D eigenvalue weighted by Crippen LogP contribution is -2.27. The SMILES string of the molecule is CCCCNc1nc(NCC2CCC(C)CC2)nc(Nc2ccc(C(=O)NCCOCCOCCN)cc2)n1. The van der Waals surface area contributed by atoms with Gasteiger partial charge in [0.2, 0.25) is 17.8 Å². The molecule has 1 amide bonds. The molecule has 216 valence electrons. The van der Waals surface area contributed by atoms with Crippen molar-refractivity contribution in [1.29, 1.82) is 0 Å². The van der Waals surface area contributed by atoms with Crippen LogP contribution in [0.25, 0.3) is 0 Å². The van der Waals surface area contributed by atoms with E-state index in [1.807, 2.05) is 12.1 Å². The maximum absolute atomic E-state index is 12.4. The molecule has 11 heteroatoms. The Balaban J connectivity index is 1.51. The van der Waals surface area contributed by atoms with Crippen molar-refractivity contribution in [3.05, 3.63) is 29.8 Å². The van der Waals surface area contributed by atoms with E-state index in [0.29, 0.717) is 68.8 Å². The normalized spacial score (nSPS) is 17.0. The number of hydrogen-bond donors (Lipinski definition) is 5. The summed E-state index contributed by atoms with van der Waals surface area (Å²) in [5.74, 6) is 2.88. The minimum atomic E-state index is -0.157. The molecule has 11 nitrogen and oxygen atoms in total. The van der Waals surface area contributed by atoms with Gasteiger partial charge in [0.25, 0.3) is 5.91 Å². The molecule has 0 spiro atoms. The summed E-state index contributed by atoms with van der Waals surface area (Å²) in [6.45, 7) is 8.97. The zero-order valence-electron chi connectivity index (χ0n) is 23.5. The lowest BCUT2D eigenvalue weighted by molar-refractivity contribution is 0.0511. The van der Waals surface area contributed by atoms with Crippen molar-refractivity contribution in [2.75, 3.05) is 68.6 Å². The highest BCUT2D eigenvalue weighted by Gasteiger charge is 2.18. The number of anilines is 4. The quantitative estimate of drug-likeness (QED) is 0.176. The second-order valence-corrected chi connectivity index (χ2v) is 10.1. The molecule has 0 atom stereocenters. The number of carbonyl (C=O) groups is 1. The zero-order chi connectivity index (χ0) is 27.7. The average molecular weight is 543 g/mol. The van der Waals surface area contributed by atoms with E-state index in [1.54, 1.807) is 12.1 Å². The molecule has 2 aromatic rings. The predicted molar refractivity (Wildman–Crippen MR) is 156 cm³/mol. The van der Waals surface area contributed by atoms with Gasteiger partial charge in [-0.3, -0.25) is 4.79 Å². The number of amides is 1. The fraction of sp³-hybridized carbons (Fsp3) is 0.643. The second kappa shape index (κ2) is 17.5. The van der Waals surface area contributed by atoms with E-state index in [0.717, 1.165) is 37.5 Å². The van der Waals surface area contributed by atoms with Crippen LogP contribution in [0.5, 0.6) is 0 Å². The highest BCUT2D eigenvalue weighted by Crippen LogP contribution is 2.28. The summed E-state index contributed by atoms with van der Waals surface area (Å²) in [6, 6.07) is 7.21. The van der Waals surface area contributed by atoms with Gasteiger partial charge >= 0.3 is 0 Å². The minimum Gasteiger partial charge on any atom is -0.378 e. The molecular formula is C28H46N8O3. The topological polar surface area (TPSA) is 148 Å². The fourth-order valence-corrected chi connectivity index (χ4v) is 4.31. The van der Waals surface area contributed by atoms with Gasteiger partial charge in [0, 0.05) is 37.4 Å². The number of aromatic nitrogens is 3. The van der Waals surface area contributed by atoms with E-state index in [-0.39, 0.29) is 5.91 Å². The number of nitrogens with one attached hydrogen (secondary N) is 4. The maximum atomic E-state index is 12.4. The third kappa shape index (κ3) is 11.7. The smallest absolute Gasteiger partial charge is 0.251 e. The van der Waals surface area contributed by atoms with Crippen LogP contribution in [0, 0.1) is 11.8 Å². The first-order chi connectivity index (χ1) is 19.1. The van der Waals surface area contributed by atoms with E-state index in [1.165, 1.54) is 25.7 Å². The Morgan fingerprint density at radius 1 is 0.897 bits per heavy atom. The summed E-state index contributed by atoms with van der Waals surface area (Å²) in [5, 5.41) is 12.8. The number of rotatable bonds is 18. The zero-order valence-corrected chi connectivity index (χ0v) is 23.5. The Morgan fingerprint density at radius 3 is 2.26 bits per heavy atom. The molecule has 39 heavy (non-hydrogen) atoms. The predicted octanol–water partition coefficient (Wildman–Crippen LogP) is 3.79. The molecule has 0 saturated heterocycles. The van der Waals surface area contributed by atoms with Crippen molar-refractivity contribution >= 4 is 29.4 Å². The van der Waals surface area contributed by atoms with Crippen LogP contribution in [-0.2, 0) is 9.47 Å². The van der Waals surface area contributed by atoms with E-state index in [4.69, 9.17) is 15.2 Å². The first kappa shape index (κ1) is 30.5. The van der Waals surface area contributed by atoms with Gasteiger partial charge in [0.05, 0.1) is 26.4 Å². The lowest BCUT2D eigenvalue weighted by atomic mass is 9.83. The summed E-state index contributed by atoms with van der Waals surface area (Å²) >= 11 is 0. The van der Waals surface area contributed by atoms with Crippen LogP contribution in [0.1, 0.15) is 62.7 Å². The standard InChI is InChI=1S/C28H46N8O3/c1-3-4-14-31-26-34-27(32-20-22-7-5-21(2)6-8-22)36-28(35-26)33-24-11-9-23(10-12-24)25(37)30-15-17-39-19-18-38-16-13-29/h9-12,21-22H,3-8,13-20,29H2,1-2H3,(H,30,37)(H3,31,32,33,34,35,36). The molecule has 1 saturated carbocycles. The van der Waals surface area contributed by atoms with Crippen molar-refractivity contribution in [2.24, 2.45) is 17.6 Å². The number of ether oxygens (including phenoxy) is 2. The Labute approximate surface area is 232 Å². The summed E-state index contributed by atoms with van der Waals surface area (Å²) in [5.41, 5.74) is 6.71. The van der Waals surface area contributed by atoms with Gasteiger partial charge in [0.15, 0.2) is 0 Å². The molecule has 0 aliphatic heterocycles. The van der Waals surface area contributed by atoms with Crippen LogP contribution < -0.4 is 27.0 Å². The molecule has 6 N–H and O–H groups in total. The number of carbonyl (C=O) groups excluding carboxylic acids is 1. The molecule has 1 heterocycles. The number of nitrogens with two attached hydrogens (primary N) is 1. The van der Waals surface area contributed by atoms with Crippen molar-refractivity contribution in [3.63, 3.8) is 0 Å². The molecule has 0 unspecified atom stereocenters. The van der Waals surface area contributed by atoms with E-state index >= 15 is 0 Å².